The molecule has 3 aromatic rings. The summed E-state index contributed by atoms with van der Waals surface area (Å²) in [4.78, 5) is 14.7. The highest BCUT2D eigenvalue weighted by atomic mass is 35.5. The number of aromatic nitrogens is 3. The number of halogens is 5. The lowest BCUT2D eigenvalue weighted by atomic mass is 9.99. The molecule has 4 rings (SSSR count). The Balaban J connectivity index is 1.95. The van der Waals surface area contributed by atoms with Crippen LogP contribution in [-0.4, -0.2) is 28.0 Å². The van der Waals surface area contributed by atoms with Crippen LogP contribution in [0.5, 0.6) is 0 Å². The predicted molar refractivity (Wildman–Crippen MR) is 112 cm³/mol. The lowest BCUT2D eigenvalue weighted by molar-refractivity contribution is -0.137. The third-order valence-electron chi connectivity index (χ3n) is 5.38. The van der Waals surface area contributed by atoms with Crippen LogP contribution in [0.25, 0.3) is 22.2 Å². The van der Waals surface area contributed by atoms with Crippen LogP contribution in [0, 0.1) is 18.7 Å². The lowest BCUT2D eigenvalue weighted by Gasteiger charge is -2.32. The van der Waals surface area contributed by atoms with Crippen LogP contribution in [0.1, 0.15) is 31.2 Å². The van der Waals surface area contributed by atoms with Gasteiger partial charge in [-0.15, -0.1) is 0 Å². The van der Waals surface area contributed by atoms with E-state index in [0.29, 0.717) is 22.9 Å². The molecule has 164 valence electrons. The Morgan fingerprint density at radius 3 is 2.65 bits per heavy atom. The van der Waals surface area contributed by atoms with Gasteiger partial charge in [0.15, 0.2) is 5.82 Å². The van der Waals surface area contributed by atoms with Gasteiger partial charge in [0, 0.05) is 30.5 Å². The maximum absolute atomic E-state index is 15.6. The van der Waals surface area contributed by atoms with E-state index in [4.69, 9.17) is 17.3 Å². The summed E-state index contributed by atoms with van der Waals surface area (Å²) in [5.41, 5.74) is 3.35. The number of fused-ring (bicyclic) bond motifs is 1. The molecule has 0 amide bonds. The molecule has 0 aliphatic carbocycles. The van der Waals surface area contributed by atoms with Crippen molar-refractivity contribution in [2.45, 2.75) is 32.9 Å². The highest BCUT2D eigenvalue weighted by Crippen LogP contribution is 2.43. The van der Waals surface area contributed by atoms with Gasteiger partial charge in [-0.05, 0) is 37.8 Å². The smallest absolute Gasteiger partial charge is 0.399 e. The number of nitrogens with zero attached hydrogens (tertiary/aromatic N) is 4. The fourth-order valence-corrected chi connectivity index (χ4v) is 4.40. The molecule has 2 N–H and O–H groups in total. The SMILES string of the molecule is Cc1nc(N2CCCC(C)C2)c2cnc(-c3cc(N)cc(Cl)c3C(F)(F)F)c(F)c2n1. The van der Waals surface area contributed by atoms with Crippen LogP contribution >= 0.6 is 11.6 Å². The van der Waals surface area contributed by atoms with Crippen molar-refractivity contribution in [2.75, 3.05) is 23.7 Å². The first-order valence-corrected chi connectivity index (χ1v) is 10.2. The quantitative estimate of drug-likeness (QED) is 0.402. The number of nitrogens with two attached hydrogens (primary N) is 1. The van der Waals surface area contributed by atoms with E-state index in [1.54, 1.807) is 6.92 Å². The van der Waals surface area contributed by atoms with Crippen LogP contribution in [0.2, 0.25) is 5.02 Å². The standard InChI is InChI=1S/C21H20ClF4N5/c1-10-4-3-5-31(9-10)20-14-8-28-18(17(23)19(14)29-11(2)30-20)13-6-12(27)7-15(22)16(13)21(24,25)26/h6-8,10H,3-5,9,27H2,1-2H3. The number of piperidine rings is 1. The molecule has 0 bridgehead atoms. The summed E-state index contributed by atoms with van der Waals surface area (Å²) < 4.78 is 56.6. The zero-order valence-corrected chi connectivity index (χ0v) is 17.6. The van der Waals surface area contributed by atoms with Crippen LogP contribution in [0.3, 0.4) is 0 Å². The van der Waals surface area contributed by atoms with Crippen molar-refractivity contribution in [1.82, 2.24) is 15.0 Å². The van der Waals surface area contributed by atoms with E-state index in [1.807, 2.05) is 4.90 Å². The average Bonchev–Trinajstić information content (AvgIpc) is 2.66. The summed E-state index contributed by atoms with van der Waals surface area (Å²) in [6, 6.07) is 2.00. The Bertz CT molecular complexity index is 1160. The normalized spacial score (nSPS) is 17.4. The second-order valence-corrected chi connectivity index (χ2v) is 8.30. The summed E-state index contributed by atoms with van der Waals surface area (Å²) in [7, 11) is 0. The molecular formula is C21H20ClF4N5. The molecule has 10 heteroatoms. The van der Waals surface area contributed by atoms with Crippen molar-refractivity contribution in [1.29, 1.82) is 0 Å². The van der Waals surface area contributed by atoms with Crippen LogP contribution in [0.4, 0.5) is 29.1 Å². The molecule has 31 heavy (non-hydrogen) atoms. The van der Waals surface area contributed by atoms with Crippen molar-refractivity contribution in [2.24, 2.45) is 5.92 Å². The lowest BCUT2D eigenvalue weighted by Crippen LogP contribution is -2.35. The van der Waals surface area contributed by atoms with Gasteiger partial charge in [0.25, 0.3) is 0 Å². The van der Waals surface area contributed by atoms with Gasteiger partial charge >= 0.3 is 6.18 Å². The Hall–Kier alpha value is -2.68. The first-order chi connectivity index (χ1) is 14.6. The number of pyridine rings is 1. The Morgan fingerprint density at radius 1 is 1.23 bits per heavy atom. The maximum Gasteiger partial charge on any atom is 0.418 e. The number of anilines is 2. The van der Waals surface area contributed by atoms with Gasteiger partial charge in [0.1, 0.15) is 22.9 Å². The van der Waals surface area contributed by atoms with Crippen LogP contribution in [0.15, 0.2) is 18.3 Å². The predicted octanol–water partition coefficient (Wildman–Crippen LogP) is 5.63. The molecule has 1 atom stereocenters. The number of rotatable bonds is 2. The highest BCUT2D eigenvalue weighted by molar-refractivity contribution is 6.32. The van der Waals surface area contributed by atoms with Gasteiger partial charge in [-0.2, -0.15) is 13.2 Å². The summed E-state index contributed by atoms with van der Waals surface area (Å²) in [6.45, 7) is 5.25. The summed E-state index contributed by atoms with van der Waals surface area (Å²) in [6.07, 6.45) is -1.44. The van der Waals surface area contributed by atoms with Gasteiger partial charge in [-0.25, -0.2) is 14.4 Å². The van der Waals surface area contributed by atoms with E-state index in [0.717, 1.165) is 38.1 Å². The van der Waals surface area contributed by atoms with Crippen molar-refractivity contribution in [3.63, 3.8) is 0 Å². The molecule has 0 radical (unpaired) electrons. The van der Waals surface area contributed by atoms with Gasteiger partial charge in [0.2, 0.25) is 0 Å². The molecule has 0 saturated carbocycles. The largest absolute Gasteiger partial charge is 0.418 e. The minimum Gasteiger partial charge on any atom is -0.399 e. The fraction of sp³-hybridized carbons (Fsp3) is 0.381. The third kappa shape index (κ3) is 3.98. The second kappa shape index (κ2) is 7.78. The third-order valence-corrected chi connectivity index (χ3v) is 5.68. The molecule has 1 unspecified atom stereocenters. The van der Waals surface area contributed by atoms with Crippen molar-refractivity contribution < 1.29 is 17.6 Å². The number of benzene rings is 1. The van der Waals surface area contributed by atoms with E-state index in [9.17, 15) is 13.2 Å². The van der Waals surface area contributed by atoms with Crippen LogP contribution in [-0.2, 0) is 6.18 Å². The summed E-state index contributed by atoms with van der Waals surface area (Å²) >= 11 is 5.82. The number of alkyl halides is 3. The first kappa shape index (κ1) is 21.5. The fourth-order valence-electron chi connectivity index (χ4n) is 4.06. The Kier molecular flexibility index (Phi) is 5.41. The molecule has 5 nitrogen and oxygen atoms in total. The average molecular weight is 454 g/mol. The Labute approximate surface area is 181 Å². The molecule has 2 aromatic heterocycles. The van der Waals surface area contributed by atoms with Gasteiger partial charge in [0.05, 0.1) is 16.0 Å². The second-order valence-electron chi connectivity index (χ2n) is 7.89. The molecular weight excluding hydrogens is 434 g/mol. The van der Waals surface area contributed by atoms with Gasteiger partial charge in [-0.3, -0.25) is 4.98 Å². The van der Waals surface area contributed by atoms with E-state index >= 15 is 4.39 Å². The maximum atomic E-state index is 15.6. The van der Waals surface area contributed by atoms with Crippen LogP contribution < -0.4 is 10.6 Å². The zero-order chi connectivity index (χ0) is 22.5. The summed E-state index contributed by atoms with van der Waals surface area (Å²) in [5.74, 6) is 0.327. The van der Waals surface area contributed by atoms with Crippen molar-refractivity contribution >= 4 is 34.0 Å². The van der Waals surface area contributed by atoms with E-state index in [-0.39, 0.29) is 11.2 Å². The highest BCUT2D eigenvalue weighted by Gasteiger charge is 2.38. The molecule has 1 aliphatic rings. The monoisotopic (exact) mass is 453 g/mol. The molecule has 1 fully saturated rings. The first-order valence-electron chi connectivity index (χ1n) is 9.80. The molecule has 3 heterocycles. The van der Waals surface area contributed by atoms with Gasteiger partial charge in [-0.1, -0.05) is 18.5 Å². The Morgan fingerprint density at radius 2 is 1.97 bits per heavy atom. The minimum atomic E-state index is -4.82. The molecule has 1 aliphatic heterocycles. The topological polar surface area (TPSA) is 67.9 Å². The van der Waals surface area contributed by atoms with E-state index < -0.39 is 33.8 Å². The number of aryl methyl sites for hydroxylation is 1. The van der Waals surface area contributed by atoms with E-state index in [1.165, 1.54) is 6.20 Å². The van der Waals surface area contributed by atoms with Gasteiger partial charge < -0.3 is 10.6 Å². The molecule has 0 spiro atoms. The van der Waals surface area contributed by atoms with Crippen molar-refractivity contribution in [3.05, 3.63) is 40.6 Å². The zero-order valence-electron chi connectivity index (χ0n) is 16.9. The van der Waals surface area contributed by atoms with E-state index in [2.05, 4.69) is 21.9 Å². The summed E-state index contributed by atoms with van der Waals surface area (Å²) in [5, 5.41) is -0.268. The van der Waals surface area contributed by atoms with Crippen molar-refractivity contribution in [3.8, 4) is 11.3 Å². The minimum absolute atomic E-state index is 0.0313. The number of nitrogen functional groups attached to an aromatic ring is 1. The number of hydrogen-bond acceptors (Lipinski definition) is 5. The molecule has 1 saturated heterocycles. The molecule has 1 aromatic carbocycles. The number of hydrogen-bond donors (Lipinski definition) is 1.